The van der Waals surface area contributed by atoms with Crippen molar-refractivity contribution in [3.63, 3.8) is 0 Å². The van der Waals surface area contributed by atoms with Gasteiger partial charge in [-0.15, -0.1) is 0 Å². The Bertz CT molecular complexity index is 1140. The van der Waals surface area contributed by atoms with Gasteiger partial charge in [0.1, 0.15) is 17.5 Å². The number of benzene rings is 2. The molecule has 0 unspecified atom stereocenters. The molecule has 6 nitrogen and oxygen atoms in total. The molecule has 0 amide bonds. The maximum atomic E-state index is 14.4. The molecule has 1 aliphatic heterocycles. The Morgan fingerprint density at radius 2 is 2.11 bits per heavy atom. The van der Waals surface area contributed by atoms with Crippen LogP contribution in [0.15, 0.2) is 35.1 Å². The quantitative estimate of drug-likeness (QED) is 0.702. The van der Waals surface area contributed by atoms with Crippen LogP contribution in [-0.4, -0.2) is 29.6 Å². The second kappa shape index (κ2) is 7.03. The highest BCUT2D eigenvalue weighted by Crippen LogP contribution is 2.31. The van der Waals surface area contributed by atoms with Crippen LogP contribution in [0.5, 0.6) is 0 Å². The van der Waals surface area contributed by atoms with Crippen molar-refractivity contribution in [2.45, 2.75) is 19.4 Å². The van der Waals surface area contributed by atoms with Gasteiger partial charge in [-0.2, -0.15) is 0 Å². The van der Waals surface area contributed by atoms with Crippen LogP contribution in [0, 0.1) is 11.6 Å². The number of aromatic nitrogens is 2. The third kappa shape index (κ3) is 3.21. The second-order valence-electron chi connectivity index (χ2n) is 6.66. The van der Waals surface area contributed by atoms with Crippen LogP contribution < -0.4 is 10.5 Å². The SMILES string of the molecule is COC(=O)c1ccc2c(=O)[nH]c(CN3CCCc4cc(F)cc(F)c43)nc2c1. The van der Waals surface area contributed by atoms with Crippen molar-refractivity contribution >= 4 is 22.6 Å². The molecule has 144 valence electrons. The molecule has 28 heavy (non-hydrogen) atoms. The lowest BCUT2D eigenvalue weighted by Crippen LogP contribution is -2.31. The molecule has 0 fully saturated rings. The minimum absolute atomic E-state index is 0.156. The fourth-order valence-corrected chi connectivity index (χ4v) is 3.58. The second-order valence-corrected chi connectivity index (χ2v) is 6.66. The highest BCUT2D eigenvalue weighted by Gasteiger charge is 2.23. The van der Waals surface area contributed by atoms with Crippen molar-refractivity contribution in [3.05, 3.63) is 69.3 Å². The molecule has 0 spiro atoms. The number of aryl methyl sites for hydroxylation is 1. The zero-order valence-electron chi connectivity index (χ0n) is 15.1. The number of carbonyl (C=O) groups excluding carboxylic acids is 1. The predicted octanol–water partition coefficient (Wildman–Crippen LogP) is 2.94. The van der Waals surface area contributed by atoms with Gasteiger partial charge >= 0.3 is 5.97 Å². The largest absolute Gasteiger partial charge is 0.465 e. The van der Waals surface area contributed by atoms with E-state index >= 15 is 0 Å². The standard InChI is InChI=1S/C20H17F2N3O3/c1-28-20(27)12-4-5-14-16(8-12)23-17(24-19(14)26)10-25-6-2-3-11-7-13(21)9-15(22)18(11)25/h4-5,7-9H,2-3,6,10H2,1H3,(H,23,24,26). The number of hydrogen-bond acceptors (Lipinski definition) is 5. The summed E-state index contributed by atoms with van der Waals surface area (Å²) < 4.78 is 32.6. The lowest BCUT2D eigenvalue weighted by Gasteiger charge is -2.31. The summed E-state index contributed by atoms with van der Waals surface area (Å²) >= 11 is 0. The van der Waals surface area contributed by atoms with Crippen LogP contribution in [0.2, 0.25) is 0 Å². The monoisotopic (exact) mass is 385 g/mol. The van der Waals surface area contributed by atoms with Crippen LogP contribution in [0.1, 0.15) is 28.2 Å². The smallest absolute Gasteiger partial charge is 0.337 e. The van der Waals surface area contributed by atoms with Gasteiger partial charge in [-0.3, -0.25) is 4.79 Å². The zero-order chi connectivity index (χ0) is 19.8. The Morgan fingerprint density at radius 3 is 2.89 bits per heavy atom. The van der Waals surface area contributed by atoms with E-state index in [2.05, 4.69) is 9.97 Å². The first-order valence-electron chi connectivity index (χ1n) is 8.80. The Labute approximate surface area is 158 Å². The minimum atomic E-state index is -0.634. The molecule has 0 saturated heterocycles. The number of nitrogens with one attached hydrogen (secondary N) is 1. The van der Waals surface area contributed by atoms with Crippen LogP contribution in [0.3, 0.4) is 0 Å². The van der Waals surface area contributed by atoms with E-state index in [9.17, 15) is 18.4 Å². The Balaban J connectivity index is 1.73. The number of H-pyrrole nitrogens is 1. The molecule has 0 saturated carbocycles. The molecule has 0 atom stereocenters. The number of ether oxygens (including phenoxy) is 1. The van der Waals surface area contributed by atoms with Crippen LogP contribution >= 0.6 is 0 Å². The van der Waals surface area contributed by atoms with Gasteiger partial charge in [0, 0.05) is 12.6 Å². The molecular weight excluding hydrogens is 368 g/mol. The van der Waals surface area contributed by atoms with Gasteiger partial charge in [0.25, 0.3) is 5.56 Å². The summed E-state index contributed by atoms with van der Waals surface area (Å²) in [6.45, 7) is 0.711. The normalized spacial score (nSPS) is 13.5. The van der Waals surface area contributed by atoms with Gasteiger partial charge in [-0.05, 0) is 42.7 Å². The van der Waals surface area contributed by atoms with Gasteiger partial charge in [-0.1, -0.05) is 0 Å². The minimum Gasteiger partial charge on any atom is -0.465 e. The summed E-state index contributed by atoms with van der Waals surface area (Å²) in [6.07, 6.45) is 1.32. The fourth-order valence-electron chi connectivity index (χ4n) is 3.58. The average Bonchev–Trinajstić information content (AvgIpc) is 2.66. The Kier molecular flexibility index (Phi) is 4.54. The number of carbonyl (C=O) groups is 1. The van der Waals surface area contributed by atoms with Crippen molar-refractivity contribution in [3.8, 4) is 0 Å². The number of methoxy groups -OCH3 is 1. The summed E-state index contributed by atoms with van der Waals surface area (Å²) in [7, 11) is 1.27. The van der Waals surface area contributed by atoms with E-state index in [1.807, 2.05) is 0 Å². The summed E-state index contributed by atoms with van der Waals surface area (Å²) in [5.74, 6) is -1.44. The zero-order valence-corrected chi connectivity index (χ0v) is 15.1. The number of hydrogen-bond donors (Lipinski definition) is 1. The van der Waals surface area contributed by atoms with E-state index in [4.69, 9.17) is 4.74 Å². The lowest BCUT2D eigenvalue weighted by molar-refractivity contribution is 0.0601. The molecule has 8 heteroatoms. The molecule has 0 bridgehead atoms. The molecule has 3 aromatic rings. The lowest BCUT2D eigenvalue weighted by atomic mass is 10.0. The van der Waals surface area contributed by atoms with Gasteiger partial charge in [0.05, 0.1) is 35.8 Å². The van der Waals surface area contributed by atoms with Gasteiger partial charge < -0.3 is 14.6 Å². The van der Waals surface area contributed by atoms with E-state index < -0.39 is 17.6 Å². The maximum absolute atomic E-state index is 14.4. The highest BCUT2D eigenvalue weighted by atomic mass is 19.1. The predicted molar refractivity (Wildman–Crippen MR) is 99.4 cm³/mol. The Hall–Kier alpha value is -3.29. The molecule has 0 aliphatic carbocycles. The van der Waals surface area contributed by atoms with Gasteiger partial charge in [-0.25, -0.2) is 18.6 Å². The van der Waals surface area contributed by atoms with Crippen LogP contribution in [-0.2, 0) is 17.7 Å². The number of fused-ring (bicyclic) bond motifs is 2. The maximum Gasteiger partial charge on any atom is 0.337 e. The molecular formula is C20H17F2N3O3. The molecule has 2 heterocycles. The number of aromatic amines is 1. The van der Waals surface area contributed by atoms with Crippen molar-refractivity contribution in [2.24, 2.45) is 0 Å². The molecule has 2 aromatic carbocycles. The molecule has 1 N–H and O–H groups in total. The number of rotatable bonds is 3. The van der Waals surface area contributed by atoms with Gasteiger partial charge in [0.2, 0.25) is 0 Å². The number of anilines is 1. The molecule has 1 aromatic heterocycles. The third-order valence-electron chi connectivity index (χ3n) is 4.81. The summed E-state index contributed by atoms with van der Waals surface area (Å²) in [5.41, 5.74) is 1.20. The van der Waals surface area contributed by atoms with E-state index in [1.165, 1.54) is 31.4 Å². The fraction of sp³-hybridized carbons (Fsp3) is 0.250. The number of esters is 1. The van der Waals surface area contributed by atoms with E-state index in [1.54, 1.807) is 4.90 Å². The van der Waals surface area contributed by atoms with E-state index in [0.29, 0.717) is 40.9 Å². The first kappa shape index (κ1) is 18.1. The van der Waals surface area contributed by atoms with E-state index in [-0.39, 0.29) is 17.7 Å². The summed E-state index contributed by atoms with van der Waals surface area (Å²) in [6, 6.07) is 6.69. The Morgan fingerprint density at radius 1 is 1.29 bits per heavy atom. The molecule has 4 rings (SSSR count). The highest BCUT2D eigenvalue weighted by molar-refractivity contribution is 5.93. The van der Waals surface area contributed by atoms with Crippen LogP contribution in [0.4, 0.5) is 14.5 Å². The van der Waals surface area contributed by atoms with Crippen molar-refractivity contribution in [2.75, 3.05) is 18.6 Å². The van der Waals surface area contributed by atoms with Crippen molar-refractivity contribution in [1.82, 2.24) is 9.97 Å². The average molecular weight is 385 g/mol. The van der Waals surface area contributed by atoms with Crippen molar-refractivity contribution < 1.29 is 18.3 Å². The topological polar surface area (TPSA) is 75.3 Å². The summed E-state index contributed by atoms with van der Waals surface area (Å²) in [5, 5.41) is 0.337. The summed E-state index contributed by atoms with van der Waals surface area (Å²) in [4.78, 5) is 33.0. The number of halogens is 2. The molecule has 1 aliphatic rings. The van der Waals surface area contributed by atoms with Crippen molar-refractivity contribution in [1.29, 1.82) is 0 Å². The first-order chi connectivity index (χ1) is 13.5. The van der Waals surface area contributed by atoms with Crippen LogP contribution in [0.25, 0.3) is 10.9 Å². The number of nitrogens with zero attached hydrogens (tertiary/aromatic N) is 2. The third-order valence-corrected chi connectivity index (χ3v) is 4.81. The first-order valence-corrected chi connectivity index (χ1v) is 8.80. The van der Waals surface area contributed by atoms with Gasteiger partial charge in [0.15, 0.2) is 0 Å². The molecule has 0 radical (unpaired) electrons. The van der Waals surface area contributed by atoms with E-state index in [0.717, 1.165) is 12.5 Å².